The molecule has 4 aromatic rings. The molecule has 9 heteroatoms. The lowest BCUT2D eigenvalue weighted by Gasteiger charge is -2.33. The molecule has 4 heterocycles. The van der Waals surface area contributed by atoms with Gasteiger partial charge in [0, 0.05) is 24.2 Å². The fourth-order valence-electron chi connectivity index (χ4n) is 5.91. The van der Waals surface area contributed by atoms with E-state index in [2.05, 4.69) is 37.5 Å². The maximum atomic E-state index is 13.7. The minimum atomic E-state index is -0.458. The first-order valence-electron chi connectivity index (χ1n) is 13.4. The van der Waals surface area contributed by atoms with Crippen LogP contribution < -0.4 is 5.56 Å². The van der Waals surface area contributed by atoms with Crippen molar-refractivity contribution in [3.8, 4) is 0 Å². The Morgan fingerprint density at radius 1 is 1.14 bits per heavy atom. The van der Waals surface area contributed by atoms with Crippen LogP contribution in [0.3, 0.4) is 0 Å². The quantitative estimate of drug-likeness (QED) is 0.373. The second-order valence-electron chi connectivity index (χ2n) is 10.5. The Morgan fingerprint density at radius 2 is 2.03 bits per heavy atom. The molecule has 1 saturated heterocycles. The minimum Gasteiger partial charge on any atom is -0.468 e. The first kappa shape index (κ1) is 24.1. The zero-order valence-corrected chi connectivity index (χ0v) is 21.3. The highest BCUT2D eigenvalue weighted by Gasteiger charge is 2.35. The van der Waals surface area contributed by atoms with Crippen LogP contribution in [0.25, 0.3) is 10.9 Å². The number of furan rings is 1. The van der Waals surface area contributed by atoms with E-state index >= 15 is 0 Å². The van der Waals surface area contributed by atoms with E-state index in [9.17, 15) is 4.79 Å². The van der Waals surface area contributed by atoms with Gasteiger partial charge in [-0.1, -0.05) is 31.4 Å². The van der Waals surface area contributed by atoms with Crippen LogP contribution in [-0.4, -0.2) is 49.3 Å². The lowest BCUT2D eigenvalue weighted by Crippen LogP contribution is -2.39. The summed E-state index contributed by atoms with van der Waals surface area (Å²) in [4.78, 5) is 19.1. The van der Waals surface area contributed by atoms with Crippen LogP contribution >= 0.6 is 0 Å². The van der Waals surface area contributed by atoms with Gasteiger partial charge in [0.2, 0.25) is 0 Å². The average molecular weight is 503 g/mol. The summed E-state index contributed by atoms with van der Waals surface area (Å²) in [5.74, 6) is 1.53. The number of H-pyrrole nitrogens is 1. The number of benzene rings is 1. The molecule has 1 aromatic carbocycles. The van der Waals surface area contributed by atoms with Gasteiger partial charge in [0.05, 0.1) is 25.0 Å². The van der Waals surface area contributed by atoms with Crippen molar-refractivity contribution in [1.82, 2.24) is 30.1 Å². The molecular formula is C28H34N6O3. The van der Waals surface area contributed by atoms with Gasteiger partial charge in [0.25, 0.3) is 5.56 Å². The highest BCUT2D eigenvalue weighted by Crippen LogP contribution is 2.34. The van der Waals surface area contributed by atoms with Crippen molar-refractivity contribution in [3.05, 3.63) is 75.7 Å². The van der Waals surface area contributed by atoms with E-state index in [1.165, 1.54) is 6.42 Å². The molecule has 1 N–H and O–H groups in total. The number of hydrogen-bond donors (Lipinski definition) is 1. The van der Waals surface area contributed by atoms with E-state index in [-0.39, 0.29) is 17.7 Å². The Balaban J connectivity index is 1.49. The lowest BCUT2D eigenvalue weighted by molar-refractivity contribution is 0.0539. The van der Waals surface area contributed by atoms with E-state index in [1.807, 2.05) is 35.9 Å². The molecule has 0 unspecified atom stereocenters. The number of aryl methyl sites for hydroxylation is 1. The predicted molar refractivity (Wildman–Crippen MR) is 139 cm³/mol. The predicted octanol–water partition coefficient (Wildman–Crippen LogP) is 4.69. The van der Waals surface area contributed by atoms with Gasteiger partial charge >= 0.3 is 0 Å². The number of pyridine rings is 1. The first-order chi connectivity index (χ1) is 18.2. The number of rotatable bonds is 8. The Hall–Kier alpha value is -3.30. The Morgan fingerprint density at radius 3 is 2.81 bits per heavy atom. The van der Waals surface area contributed by atoms with Gasteiger partial charge in [-0.2, -0.15) is 0 Å². The van der Waals surface area contributed by atoms with Crippen LogP contribution in [0, 0.1) is 6.92 Å². The molecule has 2 fully saturated rings. The van der Waals surface area contributed by atoms with Crippen LogP contribution in [0.4, 0.5) is 0 Å². The SMILES string of the molecule is Cc1ccc2cc([C@H](c3nnnn3C3CCCCC3)N(Cc3ccco3)C[C@@H]3CCCO3)c(=O)[nH]c2c1. The van der Waals surface area contributed by atoms with Crippen LogP contribution in [-0.2, 0) is 11.3 Å². The minimum absolute atomic E-state index is 0.0821. The third kappa shape index (κ3) is 5.10. The van der Waals surface area contributed by atoms with Gasteiger partial charge in [-0.25, -0.2) is 4.68 Å². The number of aromatic amines is 1. The number of ether oxygens (including phenoxy) is 1. The second-order valence-corrected chi connectivity index (χ2v) is 10.5. The lowest BCUT2D eigenvalue weighted by atomic mass is 9.95. The van der Waals surface area contributed by atoms with Gasteiger partial charge in [-0.3, -0.25) is 9.69 Å². The van der Waals surface area contributed by atoms with Crippen molar-refractivity contribution in [2.75, 3.05) is 13.2 Å². The molecule has 3 aromatic heterocycles. The topological polar surface area (TPSA) is 102 Å². The normalized spacial score (nSPS) is 19.7. The number of aromatic nitrogens is 5. The highest BCUT2D eigenvalue weighted by molar-refractivity contribution is 5.79. The largest absolute Gasteiger partial charge is 0.468 e. The number of fused-ring (bicyclic) bond motifs is 1. The van der Waals surface area contributed by atoms with Gasteiger partial charge in [-0.15, -0.1) is 5.10 Å². The third-order valence-electron chi connectivity index (χ3n) is 7.77. The van der Waals surface area contributed by atoms with Crippen molar-refractivity contribution in [2.24, 2.45) is 0 Å². The molecule has 1 saturated carbocycles. The third-order valence-corrected chi connectivity index (χ3v) is 7.77. The number of tetrazole rings is 1. The van der Waals surface area contributed by atoms with Crippen LogP contribution in [0.15, 0.2) is 51.9 Å². The Labute approximate surface area is 215 Å². The van der Waals surface area contributed by atoms with Crippen molar-refractivity contribution >= 4 is 10.9 Å². The molecule has 0 amide bonds. The van der Waals surface area contributed by atoms with Gasteiger partial charge in [0.1, 0.15) is 11.8 Å². The zero-order chi connectivity index (χ0) is 25.2. The summed E-state index contributed by atoms with van der Waals surface area (Å²) in [5.41, 5.74) is 2.44. The fraction of sp³-hybridized carbons (Fsp3) is 0.500. The summed E-state index contributed by atoms with van der Waals surface area (Å²) < 4.78 is 13.8. The number of nitrogens with zero attached hydrogens (tertiary/aromatic N) is 5. The molecule has 0 spiro atoms. The molecule has 1 aliphatic carbocycles. The van der Waals surface area contributed by atoms with Gasteiger partial charge < -0.3 is 14.1 Å². The van der Waals surface area contributed by atoms with Gasteiger partial charge in [-0.05, 0) is 78.2 Å². The van der Waals surface area contributed by atoms with Crippen LogP contribution in [0.5, 0.6) is 0 Å². The fourth-order valence-corrected chi connectivity index (χ4v) is 5.91. The summed E-state index contributed by atoms with van der Waals surface area (Å²) in [6.45, 7) is 3.95. The van der Waals surface area contributed by atoms with E-state index in [0.29, 0.717) is 24.5 Å². The molecular weight excluding hydrogens is 468 g/mol. The van der Waals surface area contributed by atoms with Crippen LogP contribution in [0.2, 0.25) is 0 Å². The molecule has 9 nitrogen and oxygen atoms in total. The number of nitrogens with one attached hydrogen (secondary N) is 1. The summed E-state index contributed by atoms with van der Waals surface area (Å²) in [7, 11) is 0. The second kappa shape index (κ2) is 10.6. The molecule has 2 atom stereocenters. The van der Waals surface area contributed by atoms with Crippen molar-refractivity contribution < 1.29 is 9.15 Å². The van der Waals surface area contributed by atoms with Crippen molar-refractivity contribution in [3.63, 3.8) is 0 Å². The van der Waals surface area contributed by atoms with Crippen molar-refractivity contribution in [2.45, 2.75) is 76.6 Å². The smallest absolute Gasteiger partial charge is 0.253 e. The molecule has 6 rings (SSSR count). The Kier molecular flexibility index (Phi) is 6.89. The molecule has 2 aliphatic rings. The van der Waals surface area contributed by atoms with Gasteiger partial charge in [0.15, 0.2) is 5.82 Å². The highest BCUT2D eigenvalue weighted by atomic mass is 16.5. The monoisotopic (exact) mass is 502 g/mol. The molecule has 0 bridgehead atoms. The van der Waals surface area contributed by atoms with E-state index in [0.717, 1.165) is 67.4 Å². The Bertz CT molecular complexity index is 1380. The molecule has 1 aliphatic heterocycles. The maximum absolute atomic E-state index is 13.7. The van der Waals surface area contributed by atoms with E-state index < -0.39 is 6.04 Å². The molecule has 0 radical (unpaired) electrons. The summed E-state index contributed by atoms with van der Waals surface area (Å²) in [6, 6.07) is 11.8. The van der Waals surface area contributed by atoms with Crippen molar-refractivity contribution in [1.29, 1.82) is 0 Å². The maximum Gasteiger partial charge on any atom is 0.253 e. The summed E-state index contributed by atoms with van der Waals surface area (Å²) in [6.07, 6.45) is 9.45. The van der Waals surface area contributed by atoms with Crippen LogP contribution in [0.1, 0.15) is 79.7 Å². The van der Waals surface area contributed by atoms with E-state index in [4.69, 9.17) is 9.15 Å². The standard InChI is InChI=1S/C28H34N6O3/c1-19-11-12-20-16-24(28(35)29-25(20)15-19)26(27-30-31-32-34(27)21-7-3-2-4-8-21)33(17-22-9-5-13-36-22)18-23-10-6-14-37-23/h5,9,11-13,15-16,21,23,26H,2-4,6-8,10,14,17-18H2,1H3,(H,29,35)/t23-,26+/m0/s1. The van der Waals surface area contributed by atoms with E-state index in [1.54, 1.807) is 6.26 Å². The number of hydrogen-bond acceptors (Lipinski definition) is 7. The first-order valence-corrected chi connectivity index (χ1v) is 13.4. The molecule has 37 heavy (non-hydrogen) atoms. The summed E-state index contributed by atoms with van der Waals surface area (Å²) in [5, 5.41) is 14.1. The zero-order valence-electron chi connectivity index (χ0n) is 21.3. The summed E-state index contributed by atoms with van der Waals surface area (Å²) >= 11 is 0. The molecule has 194 valence electrons. The average Bonchev–Trinajstić information content (AvgIpc) is 3.69.